The average molecular weight is 264 g/mol. The summed E-state index contributed by atoms with van der Waals surface area (Å²) in [6, 6.07) is 0. The molecule has 1 aliphatic rings. The molecule has 0 bridgehead atoms. The zero-order valence-electron chi connectivity index (χ0n) is 12.1. The van der Waals surface area contributed by atoms with Gasteiger partial charge in [-0.1, -0.05) is 6.42 Å². The molecule has 1 saturated carbocycles. The van der Waals surface area contributed by atoms with E-state index in [-0.39, 0.29) is 6.10 Å². The summed E-state index contributed by atoms with van der Waals surface area (Å²) in [5.41, 5.74) is 6.70. The molecular formula is C14H24N4O. The van der Waals surface area contributed by atoms with Crippen LogP contribution >= 0.6 is 0 Å². The van der Waals surface area contributed by atoms with Gasteiger partial charge in [0.05, 0.1) is 6.10 Å². The first kappa shape index (κ1) is 13.9. The summed E-state index contributed by atoms with van der Waals surface area (Å²) in [4.78, 5) is 10.7. The van der Waals surface area contributed by atoms with Gasteiger partial charge in [-0.2, -0.15) is 4.98 Å². The Hall–Kier alpha value is -1.52. The molecule has 1 aromatic rings. The molecule has 5 nitrogen and oxygen atoms in total. The molecule has 19 heavy (non-hydrogen) atoms. The van der Waals surface area contributed by atoms with Crippen molar-refractivity contribution < 1.29 is 4.74 Å². The lowest BCUT2D eigenvalue weighted by Crippen LogP contribution is -2.33. The van der Waals surface area contributed by atoms with Gasteiger partial charge >= 0.3 is 0 Å². The van der Waals surface area contributed by atoms with Crippen LogP contribution in [0.25, 0.3) is 0 Å². The molecule has 1 heterocycles. The van der Waals surface area contributed by atoms with Gasteiger partial charge in [-0.3, -0.25) is 0 Å². The Balaban J connectivity index is 2.16. The second-order valence-corrected chi connectivity index (χ2v) is 5.42. The fourth-order valence-corrected chi connectivity index (χ4v) is 2.29. The predicted molar refractivity (Wildman–Crippen MR) is 77.4 cm³/mol. The first-order valence-corrected chi connectivity index (χ1v) is 7.13. The standard InChI is InChI=1S/C14H24N4O/c1-4-18(8-11-6-5-7-11)13-12(15)14(17-9-16-13)19-10(2)3/h9-11H,4-8,15H2,1-3H3. The summed E-state index contributed by atoms with van der Waals surface area (Å²) in [5, 5.41) is 0. The van der Waals surface area contributed by atoms with E-state index in [4.69, 9.17) is 10.5 Å². The van der Waals surface area contributed by atoms with Gasteiger partial charge in [-0.25, -0.2) is 4.98 Å². The molecule has 0 atom stereocenters. The highest BCUT2D eigenvalue weighted by Gasteiger charge is 2.23. The Morgan fingerprint density at radius 2 is 2.16 bits per heavy atom. The van der Waals surface area contributed by atoms with Gasteiger partial charge in [-0.05, 0) is 39.5 Å². The maximum Gasteiger partial charge on any atom is 0.242 e. The Bertz CT molecular complexity index is 418. The van der Waals surface area contributed by atoms with E-state index in [1.165, 1.54) is 25.6 Å². The van der Waals surface area contributed by atoms with Crippen LogP contribution in [0, 0.1) is 5.92 Å². The Morgan fingerprint density at radius 3 is 2.68 bits per heavy atom. The van der Waals surface area contributed by atoms with Crippen molar-refractivity contribution in [2.24, 2.45) is 5.92 Å². The lowest BCUT2D eigenvalue weighted by molar-refractivity contribution is 0.234. The smallest absolute Gasteiger partial charge is 0.242 e. The van der Waals surface area contributed by atoms with Crippen molar-refractivity contribution in [3.05, 3.63) is 6.33 Å². The number of hydrogen-bond donors (Lipinski definition) is 1. The predicted octanol–water partition coefficient (Wildman–Crippen LogP) is 2.47. The molecule has 1 aromatic heterocycles. The van der Waals surface area contributed by atoms with E-state index in [2.05, 4.69) is 21.8 Å². The fraction of sp³-hybridized carbons (Fsp3) is 0.714. The van der Waals surface area contributed by atoms with Gasteiger partial charge in [0.25, 0.3) is 0 Å². The highest BCUT2D eigenvalue weighted by atomic mass is 16.5. The van der Waals surface area contributed by atoms with Crippen molar-refractivity contribution in [3.8, 4) is 5.88 Å². The SMILES string of the molecule is CCN(CC1CCC1)c1ncnc(OC(C)C)c1N. The van der Waals surface area contributed by atoms with Gasteiger partial charge in [0.2, 0.25) is 5.88 Å². The van der Waals surface area contributed by atoms with E-state index < -0.39 is 0 Å². The molecule has 1 aliphatic carbocycles. The third kappa shape index (κ3) is 3.28. The minimum atomic E-state index is 0.0618. The topological polar surface area (TPSA) is 64.3 Å². The molecule has 0 aliphatic heterocycles. The number of nitrogens with two attached hydrogens (primary N) is 1. The largest absolute Gasteiger partial charge is 0.473 e. The molecule has 0 radical (unpaired) electrons. The number of nitrogen functional groups attached to an aromatic ring is 1. The molecule has 0 unspecified atom stereocenters. The third-order valence-corrected chi connectivity index (χ3v) is 3.56. The minimum absolute atomic E-state index is 0.0618. The van der Waals surface area contributed by atoms with E-state index >= 15 is 0 Å². The maximum atomic E-state index is 6.15. The summed E-state index contributed by atoms with van der Waals surface area (Å²) < 4.78 is 5.62. The van der Waals surface area contributed by atoms with E-state index in [1.807, 2.05) is 13.8 Å². The van der Waals surface area contributed by atoms with Gasteiger partial charge in [0.1, 0.15) is 12.0 Å². The average Bonchev–Trinajstić information content (AvgIpc) is 2.31. The molecule has 2 N–H and O–H groups in total. The molecule has 0 spiro atoms. The molecule has 1 fully saturated rings. The third-order valence-electron chi connectivity index (χ3n) is 3.56. The zero-order valence-corrected chi connectivity index (χ0v) is 12.1. The molecule has 0 saturated heterocycles. The van der Waals surface area contributed by atoms with Gasteiger partial charge < -0.3 is 15.4 Å². The second kappa shape index (κ2) is 6.08. The number of aromatic nitrogens is 2. The van der Waals surface area contributed by atoms with Crippen LogP contribution in [0.4, 0.5) is 11.5 Å². The van der Waals surface area contributed by atoms with Crippen molar-refractivity contribution in [3.63, 3.8) is 0 Å². The Kier molecular flexibility index (Phi) is 4.45. The van der Waals surface area contributed by atoms with Crippen LogP contribution in [0.3, 0.4) is 0 Å². The highest BCUT2D eigenvalue weighted by Crippen LogP contribution is 2.32. The van der Waals surface area contributed by atoms with Gasteiger partial charge in [0.15, 0.2) is 5.82 Å². The fourth-order valence-electron chi connectivity index (χ4n) is 2.29. The molecule has 0 aromatic carbocycles. The van der Waals surface area contributed by atoms with Crippen LogP contribution in [-0.4, -0.2) is 29.2 Å². The Morgan fingerprint density at radius 1 is 1.42 bits per heavy atom. The van der Waals surface area contributed by atoms with Crippen molar-refractivity contribution in [2.45, 2.75) is 46.1 Å². The van der Waals surface area contributed by atoms with Gasteiger partial charge in [0, 0.05) is 13.1 Å². The lowest BCUT2D eigenvalue weighted by atomic mass is 9.85. The summed E-state index contributed by atoms with van der Waals surface area (Å²) in [7, 11) is 0. The van der Waals surface area contributed by atoms with Crippen LogP contribution in [0.5, 0.6) is 5.88 Å². The van der Waals surface area contributed by atoms with Crippen LogP contribution in [0.15, 0.2) is 6.33 Å². The first-order chi connectivity index (χ1) is 9.11. The second-order valence-electron chi connectivity index (χ2n) is 5.42. The monoisotopic (exact) mass is 264 g/mol. The van der Waals surface area contributed by atoms with Crippen LogP contribution in [-0.2, 0) is 0 Å². The minimum Gasteiger partial charge on any atom is -0.473 e. The van der Waals surface area contributed by atoms with E-state index in [1.54, 1.807) is 0 Å². The number of hydrogen-bond acceptors (Lipinski definition) is 5. The zero-order chi connectivity index (χ0) is 13.8. The van der Waals surface area contributed by atoms with E-state index in [0.29, 0.717) is 11.6 Å². The van der Waals surface area contributed by atoms with Crippen molar-refractivity contribution in [1.82, 2.24) is 9.97 Å². The summed E-state index contributed by atoms with van der Waals surface area (Å²) in [6.45, 7) is 7.99. The summed E-state index contributed by atoms with van der Waals surface area (Å²) in [5.74, 6) is 2.08. The number of rotatable bonds is 6. The van der Waals surface area contributed by atoms with E-state index in [9.17, 15) is 0 Å². The van der Waals surface area contributed by atoms with Gasteiger partial charge in [-0.15, -0.1) is 0 Å². The quantitative estimate of drug-likeness (QED) is 0.855. The molecule has 0 amide bonds. The van der Waals surface area contributed by atoms with Crippen LogP contribution in [0.2, 0.25) is 0 Å². The van der Waals surface area contributed by atoms with Crippen molar-refractivity contribution >= 4 is 11.5 Å². The van der Waals surface area contributed by atoms with Crippen LogP contribution in [0.1, 0.15) is 40.0 Å². The summed E-state index contributed by atoms with van der Waals surface area (Å²) >= 11 is 0. The molecule has 5 heteroatoms. The first-order valence-electron chi connectivity index (χ1n) is 7.13. The van der Waals surface area contributed by atoms with E-state index in [0.717, 1.165) is 24.8 Å². The van der Waals surface area contributed by atoms with Crippen molar-refractivity contribution in [2.75, 3.05) is 23.7 Å². The normalized spacial score (nSPS) is 15.4. The lowest BCUT2D eigenvalue weighted by Gasteiger charge is -2.33. The number of anilines is 2. The Labute approximate surface area is 115 Å². The van der Waals surface area contributed by atoms with Crippen molar-refractivity contribution in [1.29, 1.82) is 0 Å². The summed E-state index contributed by atoms with van der Waals surface area (Å²) in [6.07, 6.45) is 5.58. The number of nitrogens with zero attached hydrogens (tertiary/aromatic N) is 3. The molecular weight excluding hydrogens is 240 g/mol. The molecule has 2 rings (SSSR count). The van der Waals surface area contributed by atoms with Crippen LogP contribution < -0.4 is 15.4 Å². The number of ether oxygens (including phenoxy) is 1. The molecule has 106 valence electrons. The maximum absolute atomic E-state index is 6.15. The highest BCUT2D eigenvalue weighted by molar-refractivity contribution is 5.67.